The summed E-state index contributed by atoms with van der Waals surface area (Å²) in [5.41, 5.74) is 0.744. The lowest BCUT2D eigenvalue weighted by Gasteiger charge is -2.01. The van der Waals surface area contributed by atoms with Gasteiger partial charge in [0.25, 0.3) is 0 Å². The van der Waals surface area contributed by atoms with Crippen LogP contribution in [0.4, 0.5) is 0 Å². The Bertz CT molecular complexity index is 586. The zero-order chi connectivity index (χ0) is 13.1. The summed E-state index contributed by atoms with van der Waals surface area (Å²) in [5.74, 6) is -0.396. The zero-order valence-corrected chi connectivity index (χ0v) is 12.0. The number of aromatic nitrogens is 1. The molecule has 1 heterocycles. The molecular formula is C11H7Cl2NO2S2. The first kappa shape index (κ1) is 13.7. The van der Waals surface area contributed by atoms with Crippen LogP contribution in [0.3, 0.4) is 0 Å². The molecule has 7 heteroatoms. The summed E-state index contributed by atoms with van der Waals surface area (Å²) in [6.07, 6.45) is 0. The van der Waals surface area contributed by atoms with Gasteiger partial charge in [0.15, 0.2) is 0 Å². The smallest absolute Gasteiger partial charge is 0.365 e. The van der Waals surface area contributed by atoms with E-state index >= 15 is 0 Å². The van der Waals surface area contributed by atoms with Gasteiger partial charge in [-0.25, -0.2) is 9.78 Å². The predicted octanol–water partition coefficient (Wildman–Crippen LogP) is 4.44. The molecule has 3 nitrogen and oxygen atoms in total. The lowest BCUT2D eigenvalue weighted by molar-refractivity contribution is 0.0696. The molecule has 1 aromatic heterocycles. The first-order valence-electron chi connectivity index (χ1n) is 4.82. The largest absolute Gasteiger partial charge is 0.476 e. The van der Waals surface area contributed by atoms with Crippen LogP contribution in [0.1, 0.15) is 15.5 Å². The molecule has 0 saturated heterocycles. The number of halogens is 2. The van der Waals surface area contributed by atoms with Crippen molar-refractivity contribution < 1.29 is 9.90 Å². The molecule has 18 heavy (non-hydrogen) atoms. The van der Waals surface area contributed by atoms with Crippen LogP contribution in [0.25, 0.3) is 0 Å². The minimum absolute atomic E-state index is 0.111. The third-order valence-electron chi connectivity index (χ3n) is 2.01. The summed E-state index contributed by atoms with van der Waals surface area (Å²) in [7, 11) is 0. The van der Waals surface area contributed by atoms with Crippen molar-refractivity contribution in [2.75, 3.05) is 0 Å². The normalized spacial score (nSPS) is 10.6. The van der Waals surface area contributed by atoms with Crippen molar-refractivity contribution in [3.05, 3.63) is 44.3 Å². The van der Waals surface area contributed by atoms with Gasteiger partial charge < -0.3 is 5.11 Å². The van der Waals surface area contributed by atoms with Gasteiger partial charge in [-0.3, -0.25) is 0 Å². The van der Waals surface area contributed by atoms with Crippen LogP contribution in [0, 0.1) is 0 Å². The fraction of sp³-hybridized carbons (Fsp3) is 0.0909. The van der Waals surface area contributed by atoms with Gasteiger partial charge in [0.1, 0.15) is 0 Å². The van der Waals surface area contributed by atoms with E-state index < -0.39 is 5.97 Å². The van der Waals surface area contributed by atoms with Crippen LogP contribution in [-0.4, -0.2) is 16.1 Å². The van der Waals surface area contributed by atoms with E-state index in [0.29, 0.717) is 15.8 Å². The van der Waals surface area contributed by atoms with Gasteiger partial charge in [-0.15, -0.1) is 23.1 Å². The van der Waals surface area contributed by atoms with Crippen molar-refractivity contribution in [2.45, 2.75) is 10.6 Å². The van der Waals surface area contributed by atoms with Crippen molar-refractivity contribution in [1.82, 2.24) is 4.98 Å². The standard InChI is InChI=1S/C11H7Cl2NO2S2/c12-8-2-1-7(3-9(8)13)17-4-6-5-18-10(14-6)11(15)16/h1-3,5H,4H2,(H,15,16). The fourth-order valence-electron chi connectivity index (χ4n) is 1.20. The van der Waals surface area contributed by atoms with Gasteiger partial charge in [0.2, 0.25) is 5.01 Å². The SMILES string of the molecule is O=C(O)c1nc(CSc2ccc(Cl)c(Cl)c2)cs1. The molecule has 0 aliphatic carbocycles. The second-order valence-corrected chi connectivity index (χ2v) is 6.03. The first-order chi connectivity index (χ1) is 8.56. The molecule has 0 aliphatic heterocycles. The monoisotopic (exact) mass is 319 g/mol. The molecule has 2 aromatic rings. The molecule has 94 valence electrons. The highest BCUT2D eigenvalue weighted by Gasteiger charge is 2.09. The van der Waals surface area contributed by atoms with E-state index in [9.17, 15) is 4.79 Å². The molecule has 0 aliphatic rings. The van der Waals surface area contributed by atoms with Crippen LogP contribution in [0.15, 0.2) is 28.5 Å². The van der Waals surface area contributed by atoms with Crippen molar-refractivity contribution in [3.63, 3.8) is 0 Å². The van der Waals surface area contributed by atoms with E-state index in [-0.39, 0.29) is 5.01 Å². The highest BCUT2D eigenvalue weighted by atomic mass is 35.5. The highest BCUT2D eigenvalue weighted by Crippen LogP contribution is 2.29. The molecular weight excluding hydrogens is 313 g/mol. The summed E-state index contributed by atoms with van der Waals surface area (Å²) in [4.78, 5) is 15.7. The lowest BCUT2D eigenvalue weighted by atomic mass is 10.4. The van der Waals surface area contributed by atoms with Crippen molar-refractivity contribution in [3.8, 4) is 0 Å². The number of carboxylic acids is 1. The topological polar surface area (TPSA) is 50.2 Å². The van der Waals surface area contributed by atoms with E-state index in [2.05, 4.69) is 4.98 Å². The molecule has 0 saturated carbocycles. The van der Waals surface area contributed by atoms with Gasteiger partial charge in [-0.1, -0.05) is 23.2 Å². The number of hydrogen-bond donors (Lipinski definition) is 1. The Balaban J connectivity index is 2.02. The summed E-state index contributed by atoms with van der Waals surface area (Å²) in [5, 5.41) is 11.6. The number of aromatic carboxylic acids is 1. The van der Waals surface area contributed by atoms with Crippen molar-refractivity contribution in [1.29, 1.82) is 0 Å². The minimum Gasteiger partial charge on any atom is -0.476 e. The number of nitrogens with zero attached hydrogens (tertiary/aromatic N) is 1. The van der Waals surface area contributed by atoms with Crippen LogP contribution in [0.5, 0.6) is 0 Å². The van der Waals surface area contributed by atoms with E-state index in [1.165, 1.54) is 11.8 Å². The lowest BCUT2D eigenvalue weighted by Crippen LogP contribution is -1.94. The number of benzene rings is 1. The molecule has 0 fully saturated rings. The Morgan fingerprint density at radius 1 is 1.39 bits per heavy atom. The second-order valence-electron chi connectivity index (χ2n) is 3.31. The van der Waals surface area contributed by atoms with Gasteiger partial charge in [-0.2, -0.15) is 0 Å². The minimum atomic E-state index is -0.995. The van der Waals surface area contributed by atoms with Gasteiger partial charge >= 0.3 is 5.97 Å². The average Bonchev–Trinajstić information content (AvgIpc) is 2.79. The van der Waals surface area contributed by atoms with Crippen molar-refractivity contribution in [2.24, 2.45) is 0 Å². The number of carbonyl (C=O) groups is 1. The molecule has 0 atom stereocenters. The Labute approximate surface area is 122 Å². The van der Waals surface area contributed by atoms with Gasteiger partial charge in [0.05, 0.1) is 15.7 Å². The summed E-state index contributed by atoms with van der Waals surface area (Å²) in [6.45, 7) is 0. The molecule has 0 radical (unpaired) electrons. The van der Waals surface area contributed by atoms with Crippen LogP contribution in [-0.2, 0) is 5.75 Å². The second kappa shape index (κ2) is 5.93. The number of thioether (sulfide) groups is 1. The molecule has 1 N–H and O–H groups in total. The van der Waals surface area contributed by atoms with E-state index in [1.54, 1.807) is 17.5 Å². The van der Waals surface area contributed by atoms with E-state index in [1.807, 2.05) is 6.07 Å². The maximum Gasteiger partial charge on any atom is 0.365 e. The number of thiazole rings is 1. The average molecular weight is 320 g/mol. The Morgan fingerprint density at radius 3 is 2.78 bits per heavy atom. The van der Waals surface area contributed by atoms with Crippen molar-refractivity contribution >= 4 is 52.3 Å². The fourth-order valence-corrected chi connectivity index (χ4v) is 3.15. The number of hydrogen-bond acceptors (Lipinski definition) is 4. The highest BCUT2D eigenvalue weighted by molar-refractivity contribution is 7.98. The maximum atomic E-state index is 10.7. The first-order valence-corrected chi connectivity index (χ1v) is 7.44. The zero-order valence-electron chi connectivity index (χ0n) is 8.89. The van der Waals surface area contributed by atoms with E-state index in [4.69, 9.17) is 28.3 Å². The quantitative estimate of drug-likeness (QED) is 0.846. The molecule has 0 unspecified atom stereocenters. The molecule has 0 bridgehead atoms. The Hall–Kier alpha value is -0.750. The third-order valence-corrected chi connectivity index (χ3v) is 4.66. The predicted molar refractivity (Wildman–Crippen MR) is 75.1 cm³/mol. The van der Waals surface area contributed by atoms with Gasteiger partial charge in [-0.05, 0) is 18.2 Å². The van der Waals surface area contributed by atoms with E-state index in [0.717, 1.165) is 21.9 Å². The molecule has 1 aromatic carbocycles. The number of rotatable bonds is 4. The van der Waals surface area contributed by atoms with Gasteiger partial charge in [0, 0.05) is 16.0 Å². The van der Waals surface area contributed by atoms with Crippen LogP contribution in [0.2, 0.25) is 10.0 Å². The van der Waals surface area contributed by atoms with Crippen LogP contribution < -0.4 is 0 Å². The van der Waals surface area contributed by atoms with Crippen LogP contribution >= 0.6 is 46.3 Å². The maximum absolute atomic E-state index is 10.7. The summed E-state index contributed by atoms with van der Waals surface area (Å²) >= 11 is 14.4. The Kier molecular flexibility index (Phi) is 4.50. The third kappa shape index (κ3) is 3.38. The molecule has 2 rings (SSSR count). The summed E-state index contributed by atoms with van der Waals surface area (Å²) in [6, 6.07) is 5.37. The number of carboxylic acid groups (broad SMARTS) is 1. The Morgan fingerprint density at radius 2 is 2.17 bits per heavy atom. The molecule has 0 amide bonds. The molecule has 0 spiro atoms. The summed E-state index contributed by atoms with van der Waals surface area (Å²) < 4.78 is 0.